The Kier molecular flexibility index (Phi) is 3.96. The fourth-order valence-electron chi connectivity index (χ4n) is 2.22. The first kappa shape index (κ1) is 12.6. The zero-order valence-corrected chi connectivity index (χ0v) is 10.4. The molecule has 0 bridgehead atoms. The number of rotatable bonds is 4. The lowest BCUT2D eigenvalue weighted by Crippen LogP contribution is -2.25. The monoisotopic (exact) mass is 244 g/mol. The summed E-state index contributed by atoms with van der Waals surface area (Å²) in [5, 5.41) is 8.91. The predicted octanol–water partition coefficient (Wildman–Crippen LogP) is 1.75. The van der Waals surface area contributed by atoms with Gasteiger partial charge in [0, 0.05) is 25.8 Å². The van der Waals surface area contributed by atoms with Gasteiger partial charge in [-0.15, -0.1) is 0 Å². The molecule has 0 saturated carbocycles. The second-order valence-electron chi connectivity index (χ2n) is 4.41. The van der Waals surface area contributed by atoms with Crippen LogP contribution in [0.1, 0.15) is 12.0 Å². The molecular formula is C14H16N2O2. The van der Waals surface area contributed by atoms with Gasteiger partial charge in [0.2, 0.25) is 5.91 Å². The molecular weight excluding hydrogens is 228 g/mol. The van der Waals surface area contributed by atoms with E-state index in [-0.39, 0.29) is 11.8 Å². The average molecular weight is 244 g/mol. The average Bonchev–Trinajstić information content (AvgIpc) is 2.78. The van der Waals surface area contributed by atoms with Gasteiger partial charge < -0.3 is 9.64 Å². The summed E-state index contributed by atoms with van der Waals surface area (Å²) in [6, 6.07) is 9.97. The van der Waals surface area contributed by atoms with Gasteiger partial charge in [0.1, 0.15) is 0 Å². The molecule has 4 nitrogen and oxygen atoms in total. The topological polar surface area (TPSA) is 53.3 Å². The van der Waals surface area contributed by atoms with E-state index in [4.69, 9.17) is 10.00 Å². The van der Waals surface area contributed by atoms with Crippen molar-refractivity contribution >= 4 is 11.6 Å². The molecule has 0 aromatic heterocycles. The van der Waals surface area contributed by atoms with Gasteiger partial charge in [-0.1, -0.05) is 18.2 Å². The van der Waals surface area contributed by atoms with Crippen molar-refractivity contribution in [3.63, 3.8) is 0 Å². The first-order valence-electron chi connectivity index (χ1n) is 6.03. The fourth-order valence-corrected chi connectivity index (χ4v) is 2.22. The molecule has 94 valence electrons. The van der Waals surface area contributed by atoms with Crippen molar-refractivity contribution < 1.29 is 9.53 Å². The maximum atomic E-state index is 11.9. The molecule has 1 saturated heterocycles. The third-order valence-electron chi connectivity index (χ3n) is 3.17. The van der Waals surface area contributed by atoms with Crippen molar-refractivity contribution in [1.82, 2.24) is 0 Å². The number of amides is 1. The second-order valence-corrected chi connectivity index (χ2v) is 4.41. The minimum Gasteiger partial charge on any atom is -0.384 e. The van der Waals surface area contributed by atoms with Gasteiger partial charge >= 0.3 is 0 Å². The van der Waals surface area contributed by atoms with Gasteiger partial charge in [-0.05, 0) is 18.1 Å². The SMILES string of the molecule is COCCc1ccccc1N1CC(C#N)CC1=O. The summed E-state index contributed by atoms with van der Waals surface area (Å²) < 4.78 is 5.08. The van der Waals surface area contributed by atoms with Crippen LogP contribution in [0.15, 0.2) is 24.3 Å². The van der Waals surface area contributed by atoms with Crippen LogP contribution in [0.4, 0.5) is 5.69 Å². The predicted molar refractivity (Wildman–Crippen MR) is 68.1 cm³/mol. The van der Waals surface area contributed by atoms with Crippen molar-refractivity contribution in [1.29, 1.82) is 5.26 Å². The normalized spacial score (nSPS) is 19.0. The highest BCUT2D eigenvalue weighted by atomic mass is 16.5. The van der Waals surface area contributed by atoms with E-state index in [1.807, 2.05) is 24.3 Å². The number of carbonyl (C=O) groups excluding carboxylic acids is 1. The van der Waals surface area contributed by atoms with Crippen LogP contribution in [-0.4, -0.2) is 26.2 Å². The highest BCUT2D eigenvalue weighted by Gasteiger charge is 2.31. The van der Waals surface area contributed by atoms with Crippen LogP contribution >= 0.6 is 0 Å². The summed E-state index contributed by atoms with van der Waals surface area (Å²) in [4.78, 5) is 13.6. The Morgan fingerprint density at radius 3 is 2.94 bits per heavy atom. The molecule has 2 rings (SSSR count). The number of ether oxygens (including phenoxy) is 1. The summed E-state index contributed by atoms with van der Waals surface area (Å²) in [5.41, 5.74) is 2.00. The molecule has 1 heterocycles. The second kappa shape index (κ2) is 5.65. The Balaban J connectivity index is 2.23. The molecule has 4 heteroatoms. The maximum Gasteiger partial charge on any atom is 0.228 e. The zero-order chi connectivity index (χ0) is 13.0. The standard InChI is InChI=1S/C14H16N2O2/c1-18-7-6-12-4-2-3-5-13(12)16-10-11(9-15)8-14(16)17/h2-5,11H,6-8,10H2,1H3. The number of nitriles is 1. The fraction of sp³-hybridized carbons (Fsp3) is 0.429. The molecule has 0 aliphatic carbocycles. The third-order valence-corrected chi connectivity index (χ3v) is 3.17. The number of nitrogens with zero attached hydrogens (tertiary/aromatic N) is 2. The van der Waals surface area contributed by atoms with Crippen LogP contribution in [0, 0.1) is 17.2 Å². The lowest BCUT2D eigenvalue weighted by Gasteiger charge is -2.19. The van der Waals surface area contributed by atoms with Gasteiger partial charge in [-0.3, -0.25) is 4.79 Å². The molecule has 1 aromatic carbocycles. The number of para-hydroxylation sites is 1. The minimum atomic E-state index is -0.187. The number of hydrogen-bond donors (Lipinski definition) is 0. The molecule has 1 fully saturated rings. The number of benzene rings is 1. The van der Waals surface area contributed by atoms with E-state index in [1.165, 1.54) is 0 Å². The van der Waals surface area contributed by atoms with Gasteiger partial charge in [-0.2, -0.15) is 5.26 Å². The van der Waals surface area contributed by atoms with Crippen molar-refractivity contribution in [2.45, 2.75) is 12.8 Å². The number of methoxy groups -OCH3 is 1. The Hall–Kier alpha value is -1.86. The lowest BCUT2D eigenvalue weighted by atomic mass is 10.1. The summed E-state index contributed by atoms with van der Waals surface area (Å²) in [6.45, 7) is 1.13. The van der Waals surface area contributed by atoms with Crippen molar-refractivity contribution in [3.8, 4) is 6.07 Å². The van der Waals surface area contributed by atoms with Crippen LogP contribution in [0.25, 0.3) is 0 Å². The molecule has 18 heavy (non-hydrogen) atoms. The van der Waals surface area contributed by atoms with E-state index in [0.29, 0.717) is 19.6 Å². The van der Waals surface area contributed by atoms with E-state index >= 15 is 0 Å². The first-order valence-corrected chi connectivity index (χ1v) is 6.03. The summed E-state index contributed by atoms with van der Waals surface area (Å²) in [5.74, 6) is -0.153. The smallest absolute Gasteiger partial charge is 0.228 e. The van der Waals surface area contributed by atoms with Gasteiger partial charge in [0.05, 0.1) is 18.6 Å². The van der Waals surface area contributed by atoms with E-state index in [9.17, 15) is 4.79 Å². The molecule has 0 N–H and O–H groups in total. The zero-order valence-electron chi connectivity index (χ0n) is 10.4. The Morgan fingerprint density at radius 2 is 2.28 bits per heavy atom. The highest BCUT2D eigenvalue weighted by Crippen LogP contribution is 2.28. The first-order chi connectivity index (χ1) is 8.76. The molecule has 1 aromatic rings. The number of anilines is 1. The maximum absolute atomic E-state index is 11.9. The van der Waals surface area contributed by atoms with E-state index < -0.39 is 0 Å². The van der Waals surface area contributed by atoms with Crippen LogP contribution in [-0.2, 0) is 16.0 Å². The van der Waals surface area contributed by atoms with Gasteiger partial charge in [-0.25, -0.2) is 0 Å². The van der Waals surface area contributed by atoms with Crippen LogP contribution < -0.4 is 4.90 Å². The molecule has 0 spiro atoms. The summed E-state index contributed by atoms with van der Waals surface area (Å²) in [6.07, 6.45) is 1.10. The number of hydrogen-bond acceptors (Lipinski definition) is 3. The van der Waals surface area contributed by atoms with Crippen LogP contribution in [0.3, 0.4) is 0 Å². The largest absolute Gasteiger partial charge is 0.384 e. The Bertz CT molecular complexity index is 479. The third kappa shape index (κ3) is 2.52. The van der Waals surface area contributed by atoms with Gasteiger partial charge in [0.15, 0.2) is 0 Å². The van der Waals surface area contributed by atoms with Crippen molar-refractivity contribution in [2.75, 3.05) is 25.2 Å². The molecule has 1 aliphatic heterocycles. The number of carbonyl (C=O) groups is 1. The van der Waals surface area contributed by atoms with E-state index in [0.717, 1.165) is 17.7 Å². The highest BCUT2D eigenvalue weighted by molar-refractivity contribution is 5.96. The summed E-state index contributed by atoms with van der Waals surface area (Å²) >= 11 is 0. The van der Waals surface area contributed by atoms with Crippen LogP contribution in [0.2, 0.25) is 0 Å². The lowest BCUT2D eigenvalue weighted by molar-refractivity contribution is -0.117. The van der Waals surface area contributed by atoms with Crippen molar-refractivity contribution in [2.24, 2.45) is 5.92 Å². The molecule has 1 amide bonds. The van der Waals surface area contributed by atoms with E-state index in [2.05, 4.69) is 6.07 Å². The van der Waals surface area contributed by atoms with Gasteiger partial charge in [0.25, 0.3) is 0 Å². The molecule has 1 atom stereocenters. The Morgan fingerprint density at radius 1 is 1.50 bits per heavy atom. The molecule has 1 unspecified atom stereocenters. The van der Waals surface area contributed by atoms with Crippen molar-refractivity contribution in [3.05, 3.63) is 29.8 Å². The summed E-state index contributed by atoms with van der Waals surface area (Å²) in [7, 11) is 1.66. The molecule has 0 radical (unpaired) electrons. The quantitative estimate of drug-likeness (QED) is 0.810. The molecule has 1 aliphatic rings. The minimum absolute atomic E-state index is 0.0337. The van der Waals surface area contributed by atoms with Crippen LogP contribution in [0.5, 0.6) is 0 Å². The Labute approximate surface area is 107 Å². The van der Waals surface area contributed by atoms with E-state index in [1.54, 1.807) is 12.0 Å².